The van der Waals surface area contributed by atoms with E-state index in [0.29, 0.717) is 16.6 Å². The Morgan fingerprint density at radius 3 is 2.47 bits per heavy atom. The van der Waals surface area contributed by atoms with Crippen LogP contribution >= 0.6 is 11.8 Å². The normalized spacial score (nSPS) is 11.6. The summed E-state index contributed by atoms with van der Waals surface area (Å²) in [5, 5.41) is 3.39. The molecule has 1 amide bonds. The zero-order chi connectivity index (χ0) is 22.7. The van der Waals surface area contributed by atoms with Crippen molar-refractivity contribution >= 4 is 44.1 Å². The minimum atomic E-state index is -3.84. The number of carbonyl (C=O) groups is 1. The first-order valence-corrected chi connectivity index (χ1v) is 12.7. The van der Waals surface area contributed by atoms with Crippen molar-refractivity contribution in [1.29, 1.82) is 0 Å². The fourth-order valence-electron chi connectivity index (χ4n) is 3.58. The summed E-state index contributed by atoms with van der Waals surface area (Å²) in [6.45, 7) is -0.0571. The lowest BCUT2D eigenvalue weighted by atomic mass is 10.2. The molecule has 0 atom stereocenters. The van der Waals surface area contributed by atoms with Crippen LogP contribution in [0.3, 0.4) is 0 Å². The lowest BCUT2D eigenvalue weighted by molar-refractivity contribution is -0.116. The Morgan fingerprint density at radius 1 is 1.00 bits per heavy atom. The minimum Gasteiger partial charge on any atom is -0.337 e. The van der Waals surface area contributed by atoms with Gasteiger partial charge in [0.2, 0.25) is 5.91 Å². The molecule has 0 saturated carbocycles. The van der Waals surface area contributed by atoms with Crippen LogP contribution in [-0.2, 0) is 26.9 Å². The van der Waals surface area contributed by atoms with E-state index in [-0.39, 0.29) is 22.9 Å². The van der Waals surface area contributed by atoms with E-state index in [1.165, 1.54) is 36.2 Å². The number of sulfone groups is 1. The Hall–Kier alpha value is -3.10. The summed E-state index contributed by atoms with van der Waals surface area (Å²) in [5.41, 5.74) is 1.43. The van der Waals surface area contributed by atoms with E-state index in [1.807, 2.05) is 30.5 Å². The van der Waals surface area contributed by atoms with Gasteiger partial charge in [0.05, 0.1) is 16.3 Å². The molecule has 0 bridgehead atoms. The molecule has 0 spiro atoms. The van der Waals surface area contributed by atoms with Gasteiger partial charge in [-0.3, -0.25) is 4.79 Å². The fourth-order valence-corrected chi connectivity index (χ4v) is 5.73. The molecule has 0 aliphatic carbocycles. The predicted octanol–water partition coefficient (Wildman–Crippen LogP) is 5.11. The number of halogens is 1. The van der Waals surface area contributed by atoms with Crippen molar-refractivity contribution < 1.29 is 17.6 Å². The molecule has 4 aromatic rings. The molecule has 0 fully saturated rings. The first kappa shape index (κ1) is 22.1. The first-order chi connectivity index (χ1) is 15.4. The molecule has 164 valence electrons. The Bertz CT molecular complexity index is 1400. The molecule has 1 aromatic heterocycles. The SMILES string of the molecule is CSc1ccccc1NC(=O)Cn1cc(S(=O)(=O)Cc2ccccc2F)c2ccccc21. The van der Waals surface area contributed by atoms with Gasteiger partial charge in [0, 0.05) is 27.6 Å². The molecule has 0 unspecified atom stereocenters. The number of hydrogen-bond acceptors (Lipinski definition) is 4. The summed E-state index contributed by atoms with van der Waals surface area (Å²) in [7, 11) is -3.84. The predicted molar refractivity (Wildman–Crippen MR) is 126 cm³/mol. The molecule has 1 N–H and O–H groups in total. The maximum atomic E-state index is 14.1. The van der Waals surface area contributed by atoms with E-state index >= 15 is 0 Å². The van der Waals surface area contributed by atoms with Crippen LogP contribution in [0.2, 0.25) is 0 Å². The number of fused-ring (bicyclic) bond motifs is 1. The lowest BCUT2D eigenvalue weighted by Gasteiger charge is -2.10. The molecule has 8 heteroatoms. The van der Waals surface area contributed by atoms with E-state index in [2.05, 4.69) is 5.32 Å². The van der Waals surface area contributed by atoms with Crippen molar-refractivity contribution in [3.63, 3.8) is 0 Å². The number of amides is 1. The zero-order valence-corrected chi connectivity index (χ0v) is 18.9. The van der Waals surface area contributed by atoms with Crippen LogP contribution in [0.5, 0.6) is 0 Å². The topological polar surface area (TPSA) is 68.2 Å². The maximum Gasteiger partial charge on any atom is 0.244 e. The van der Waals surface area contributed by atoms with Gasteiger partial charge in [0.15, 0.2) is 9.84 Å². The van der Waals surface area contributed by atoms with E-state index < -0.39 is 21.4 Å². The van der Waals surface area contributed by atoms with Gasteiger partial charge in [-0.15, -0.1) is 11.8 Å². The van der Waals surface area contributed by atoms with Crippen LogP contribution in [0, 0.1) is 5.82 Å². The molecule has 0 aliphatic heterocycles. The first-order valence-electron chi connectivity index (χ1n) is 9.86. The number of rotatable bonds is 7. The van der Waals surface area contributed by atoms with Gasteiger partial charge in [0.1, 0.15) is 12.4 Å². The highest BCUT2D eigenvalue weighted by Gasteiger charge is 2.23. The molecular weight excluding hydrogens is 447 g/mol. The van der Waals surface area contributed by atoms with Gasteiger partial charge in [-0.2, -0.15) is 0 Å². The summed E-state index contributed by atoms with van der Waals surface area (Å²) in [4.78, 5) is 13.8. The highest BCUT2D eigenvalue weighted by molar-refractivity contribution is 7.98. The summed E-state index contributed by atoms with van der Waals surface area (Å²) >= 11 is 1.52. The molecule has 4 rings (SSSR count). The second-order valence-electron chi connectivity index (χ2n) is 7.24. The van der Waals surface area contributed by atoms with Crippen LogP contribution in [0.25, 0.3) is 10.9 Å². The van der Waals surface area contributed by atoms with Crippen molar-refractivity contribution in [3.8, 4) is 0 Å². The van der Waals surface area contributed by atoms with E-state index in [4.69, 9.17) is 0 Å². The Kier molecular flexibility index (Phi) is 6.34. The van der Waals surface area contributed by atoms with Crippen LogP contribution in [0.15, 0.2) is 88.8 Å². The number of nitrogens with zero attached hydrogens (tertiary/aromatic N) is 1. The smallest absolute Gasteiger partial charge is 0.244 e. The van der Waals surface area contributed by atoms with Gasteiger partial charge in [-0.25, -0.2) is 12.8 Å². The summed E-state index contributed by atoms with van der Waals surface area (Å²) in [6, 6.07) is 20.3. The van der Waals surface area contributed by atoms with Crippen LogP contribution in [0.4, 0.5) is 10.1 Å². The van der Waals surface area contributed by atoms with Gasteiger partial charge < -0.3 is 9.88 Å². The van der Waals surface area contributed by atoms with Crippen LogP contribution < -0.4 is 5.32 Å². The number of aromatic nitrogens is 1. The number of anilines is 1. The van der Waals surface area contributed by atoms with Gasteiger partial charge >= 0.3 is 0 Å². The highest BCUT2D eigenvalue weighted by atomic mass is 32.2. The van der Waals surface area contributed by atoms with Crippen LogP contribution in [-0.4, -0.2) is 25.1 Å². The highest BCUT2D eigenvalue weighted by Crippen LogP contribution is 2.29. The molecular formula is C24H21FN2O3S2. The molecule has 0 radical (unpaired) electrons. The summed E-state index contributed by atoms with van der Waals surface area (Å²) in [5.74, 6) is -1.29. The van der Waals surface area contributed by atoms with Crippen molar-refractivity contribution in [2.24, 2.45) is 0 Å². The minimum absolute atomic E-state index is 0.0571. The van der Waals surface area contributed by atoms with Gasteiger partial charge in [-0.05, 0) is 30.5 Å². The average molecular weight is 469 g/mol. The summed E-state index contributed by atoms with van der Waals surface area (Å²) in [6.07, 6.45) is 3.39. The molecule has 0 aliphatic rings. The van der Waals surface area contributed by atoms with Gasteiger partial charge in [-0.1, -0.05) is 48.5 Å². The number of hydrogen-bond donors (Lipinski definition) is 1. The third-order valence-corrected chi connectivity index (χ3v) is 7.57. The van der Waals surface area contributed by atoms with E-state index in [9.17, 15) is 17.6 Å². The maximum absolute atomic E-state index is 14.1. The number of thioether (sulfide) groups is 1. The Labute approximate surface area is 190 Å². The fraction of sp³-hybridized carbons (Fsp3) is 0.125. The van der Waals surface area contributed by atoms with E-state index in [0.717, 1.165) is 4.90 Å². The summed E-state index contributed by atoms with van der Waals surface area (Å²) < 4.78 is 42.0. The molecule has 5 nitrogen and oxygen atoms in total. The lowest BCUT2D eigenvalue weighted by Crippen LogP contribution is -2.18. The molecule has 0 saturated heterocycles. The molecule has 1 heterocycles. The van der Waals surface area contributed by atoms with Crippen LogP contribution in [0.1, 0.15) is 5.56 Å². The number of nitrogens with one attached hydrogen (secondary N) is 1. The molecule has 32 heavy (non-hydrogen) atoms. The monoisotopic (exact) mass is 468 g/mol. The Morgan fingerprint density at radius 2 is 1.69 bits per heavy atom. The standard InChI is InChI=1S/C24H21FN2O3S2/c1-31-22-13-7-5-11-20(22)26-24(28)15-27-14-23(18-9-3-6-12-21(18)27)32(29,30)16-17-8-2-4-10-19(17)25/h2-14H,15-16H2,1H3,(H,26,28). The third-order valence-electron chi connectivity index (χ3n) is 5.09. The molecule has 3 aromatic carbocycles. The zero-order valence-electron chi connectivity index (χ0n) is 17.3. The average Bonchev–Trinajstić information content (AvgIpc) is 3.15. The largest absolute Gasteiger partial charge is 0.337 e. The van der Waals surface area contributed by atoms with E-state index in [1.54, 1.807) is 34.9 Å². The van der Waals surface area contributed by atoms with Crippen molar-refractivity contribution in [3.05, 3.63) is 90.4 Å². The number of benzene rings is 3. The van der Waals surface area contributed by atoms with Crippen molar-refractivity contribution in [2.45, 2.75) is 22.1 Å². The van der Waals surface area contributed by atoms with Gasteiger partial charge in [0.25, 0.3) is 0 Å². The van der Waals surface area contributed by atoms with Crippen molar-refractivity contribution in [2.75, 3.05) is 11.6 Å². The number of carbonyl (C=O) groups excluding carboxylic acids is 1. The second kappa shape index (κ2) is 9.18. The second-order valence-corrected chi connectivity index (χ2v) is 10.0. The van der Waals surface area contributed by atoms with Crippen molar-refractivity contribution in [1.82, 2.24) is 4.57 Å². The quantitative estimate of drug-likeness (QED) is 0.383. The number of para-hydroxylation sites is 2. The third kappa shape index (κ3) is 4.56. The Balaban J connectivity index is 1.66.